The molecule has 0 saturated heterocycles. The average Bonchev–Trinajstić information content (AvgIpc) is 2.86. The summed E-state index contributed by atoms with van der Waals surface area (Å²) in [6.07, 6.45) is 0. The Morgan fingerprint density at radius 1 is 1.24 bits per heavy atom. The van der Waals surface area contributed by atoms with Crippen LogP contribution in [-0.2, 0) is 0 Å². The van der Waals surface area contributed by atoms with E-state index >= 15 is 0 Å². The molecule has 0 atom stereocenters. The second-order valence-electron chi connectivity index (χ2n) is 4.41. The number of nitrogens with one attached hydrogen (secondary N) is 2. The Bertz CT molecular complexity index is 850. The molecule has 0 spiro atoms. The molecule has 6 heteroatoms. The first-order chi connectivity index (χ1) is 10.2. The highest BCUT2D eigenvalue weighted by Gasteiger charge is 2.07. The van der Waals surface area contributed by atoms with Gasteiger partial charge in [-0.05, 0) is 54.7 Å². The number of rotatable bonds is 3. The van der Waals surface area contributed by atoms with Gasteiger partial charge < -0.3 is 15.0 Å². The van der Waals surface area contributed by atoms with Crippen molar-refractivity contribution in [2.75, 3.05) is 12.4 Å². The van der Waals surface area contributed by atoms with Crippen LogP contribution < -0.4 is 10.1 Å². The number of methoxy groups -OCH3 is 1. The molecule has 2 N–H and O–H groups in total. The number of thiazole rings is 1. The molecule has 0 aliphatic rings. The van der Waals surface area contributed by atoms with Gasteiger partial charge in [-0.1, -0.05) is 0 Å². The van der Waals surface area contributed by atoms with Crippen molar-refractivity contribution >= 4 is 45.4 Å². The maximum Gasteiger partial charge on any atom is 0.255 e. The first kappa shape index (κ1) is 13.8. The van der Waals surface area contributed by atoms with Crippen LogP contribution in [0.2, 0.25) is 0 Å². The number of carbonyl (C=O) groups is 1. The van der Waals surface area contributed by atoms with Crippen LogP contribution in [0.4, 0.5) is 5.69 Å². The largest absolute Gasteiger partial charge is 0.497 e. The zero-order valence-electron chi connectivity index (χ0n) is 11.2. The highest BCUT2D eigenvalue weighted by Crippen LogP contribution is 2.23. The molecule has 0 unspecified atom stereocenters. The fourth-order valence-corrected chi connectivity index (χ4v) is 3.12. The number of carbonyl (C=O) groups excluding carboxylic acids is 1. The van der Waals surface area contributed by atoms with Crippen molar-refractivity contribution in [3.63, 3.8) is 0 Å². The van der Waals surface area contributed by atoms with Gasteiger partial charge in [-0.2, -0.15) is 0 Å². The monoisotopic (exact) mass is 316 g/mol. The summed E-state index contributed by atoms with van der Waals surface area (Å²) in [5, 5.41) is 2.88. The van der Waals surface area contributed by atoms with Gasteiger partial charge in [0.15, 0.2) is 3.95 Å². The van der Waals surface area contributed by atoms with E-state index in [0.717, 1.165) is 25.6 Å². The molecule has 1 heterocycles. The minimum absolute atomic E-state index is 0.156. The Morgan fingerprint density at radius 2 is 2.00 bits per heavy atom. The van der Waals surface area contributed by atoms with Gasteiger partial charge in [0.2, 0.25) is 0 Å². The third-order valence-corrected chi connectivity index (χ3v) is 4.23. The molecule has 3 aromatic rings. The van der Waals surface area contributed by atoms with Gasteiger partial charge >= 0.3 is 0 Å². The topological polar surface area (TPSA) is 54.1 Å². The lowest BCUT2D eigenvalue weighted by Crippen LogP contribution is -2.11. The van der Waals surface area contributed by atoms with Crippen LogP contribution in [0.1, 0.15) is 10.4 Å². The van der Waals surface area contributed by atoms with E-state index in [1.165, 1.54) is 11.3 Å². The number of fused-ring (bicyclic) bond motifs is 1. The summed E-state index contributed by atoms with van der Waals surface area (Å²) in [4.78, 5) is 15.3. The first-order valence-corrected chi connectivity index (χ1v) is 7.46. The van der Waals surface area contributed by atoms with E-state index in [2.05, 4.69) is 10.3 Å². The van der Waals surface area contributed by atoms with Crippen molar-refractivity contribution in [2.45, 2.75) is 0 Å². The second-order valence-corrected chi connectivity index (χ2v) is 6.13. The lowest BCUT2D eigenvalue weighted by Gasteiger charge is -2.06. The fourth-order valence-electron chi connectivity index (χ4n) is 1.97. The Hall–Kier alpha value is -2.18. The lowest BCUT2D eigenvalue weighted by atomic mass is 10.2. The number of H-pyrrole nitrogens is 1. The Kier molecular flexibility index (Phi) is 3.72. The van der Waals surface area contributed by atoms with Crippen LogP contribution in [0.25, 0.3) is 10.2 Å². The Labute approximate surface area is 130 Å². The van der Waals surface area contributed by atoms with Crippen molar-refractivity contribution in [1.82, 2.24) is 4.98 Å². The van der Waals surface area contributed by atoms with Crippen LogP contribution in [0.5, 0.6) is 5.75 Å². The Balaban J connectivity index is 1.82. The van der Waals surface area contributed by atoms with E-state index in [1.54, 1.807) is 31.4 Å². The summed E-state index contributed by atoms with van der Waals surface area (Å²) in [5.41, 5.74) is 2.30. The SMILES string of the molecule is COc1ccc(C(=O)Nc2ccc3[nH]c(=S)sc3c2)cc1. The molecular formula is C15H12N2O2S2. The van der Waals surface area contributed by atoms with Crippen LogP contribution >= 0.6 is 23.6 Å². The van der Waals surface area contributed by atoms with Crippen molar-refractivity contribution in [3.8, 4) is 5.75 Å². The molecule has 0 saturated carbocycles. The number of aromatic amines is 1. The van der Waals surface area contributed by atoms with Crippen LogP contribution in [0.3, 0.4) is 0 Å². The van der Waals surface area contributed by atoms with Gasteiger partial charge in [0, 0.05) is 11.3 Å². The van der Waals surface area contributed by atoms with E-state index in [-0.39, 0.29) is 5.91 Å². The maximum absolute atomic E-state index is 12.2. The number of ether oxygens (including phenoxy) is 1. The molecule has 1 aromatic heterocycles. The summed E-state index contributed by atoms with van der Waals surface area (Å²) < 4.78 is 6.82. The highest BCUT2D eigenvalue weighted by atomic mass is 32.1. The van der Waals surface area contributed by atoms with E-state index in [1.807, 2.05) is 18.2 Å². The standard InChI is InChI=1S/C15H12N2O2S2/c1-19-11-5-2-9(3-6-11)14(18)16-10-4-7-12-13(8-10)21-15(20)17-12/h2-8H,1H3,(H,16,18)(H,17,20). The number of benzene rings is 2. The number of anilines is 1. The molecule has 0 radical (unpaired) electrons. The average molecular weight is 316 g/mol. The van der Waals surface area contributed by atoms with E-state index in [0.29, 0.717) is 5.56 Å². The van der Waals surface area contributed by atoms with Gasteiger partial charge in [0.05, 0.1) is 17.3 Å². The summed E-state index contributed by atoms with van der Waals surface area (Å²) >= 11 is 6.59. The first-order valence-electron chi connectivity index (χ1n) is 6.24. The molecule has 21 heavy (non-hydrogen) atoms. The quantitative estimate of drug-likeness (QED) is 0.711. The van der Waals surface area contributed by atoms with Gasteiger partial charge in [0.25, 0.3) is 5.91 Å². The molecule has 4 nitrogen and oxygen atoms in total. The van der Waals surface area contributed by atoms with E-state index in [4.69, 9.17) is 17.0 Å². The minimum atomic E-state index is -0.156. The molecule has 0 aliphatic carbocycles. The molecule has 2 aromatic carbocycles. The fraction of sp³-hybridized carbons (Fsp3) is 0.0667. The van der Waals surface area contributed by atoms with Crippen molar-refractivity contribution in [3.05, 3.63) is 52.0 Å². The third-order valence-electron chi connectivity index (χ3n) is 3.03. The second kappa shape index (κ2) is 5.67. The normalized spacial score (nSPS) is 10.5. The van der Waals surface area contributed by atoms with Gasteiger partial charge in [0.1, 0.15) is 5.75 Å². The number of hydrogen-bond donors (Lipinski definition) is 2. The molecule has 3 rings (SSSR count). The van der Waals surface area contributed by atoms with Crippen molar-refractivity contribution < 1.29 is 9.53 Å². The highest BCUT2D eigenvalue weighted by molar-refractivity contribution is 7.73. The lowest BCUT2D eigenvalue weighted by molar-refractivity contribution is 0.102. The number of amides is 1. The molecule has 0 bridgehead atoms. The number of aromatic nitrogens is 1. The van der Waals surface area contributed by atoms with Crippen molar-refractivity contribution in [1.29, 1.82) is 0 Å². The van der Waals surface area contributed by atoms with Gasteiger partial charge in [-0.25, -0.2) is 0 Å². The summed E-state index contributed by atoms with van der Waals surface area (Å²) in [7, 11) is 1.59. The van der Waals surface area contributed by atoms with Gasteiger partial charge in [-0.15, -0.1) is 11.3 Å². The van der Waals surface area contributed by atoms with Crippen LogP contribution in [-0.4, -0.2) is 18.0 Å². The van der Waals surface area contributed by atoms with E-state index < -0.39 is 0 Å². The zero-order valence-corrected chi connectivity index (χ0v) is 12.8. The van der Waals surface area contributed by atoms with E-state index in [9.17, 15) is 4.79 Å². The van der Waals surface area contributed by atoms with Gasteiger partial charge in [-0.3, -0.25) is 4.79 Å². The molecule has 1 amide bonds. The predicted octanol–water partition coefficient (Wildman–Crippen LogP) is 4.22. The maximum atomic E-state index is 12.2. The minimum Gasteiger partial charge on any atom is -0.497 e. The molecular weight excluding hydrogens is 304 g/mol. The zero-order chi connectivity index (χ0) is 14.8. The van der Waals surface area contributed by atoms with Crippen molar-refractivity contribution in [2.24, 2.45) is 0 Å². The Morgan fingerprint density at radius 3 is 2.71 bits per heavy atom. The number of hydrogen-bond acceptors (Lipinski definition) is 4. The molecule has 0 fully saturated rings. The van der Waals surface area contributed by atoms with Crippen LogP contribution in [0, 0.1) is 3.95 Å². The third kappa shape index (κ3) is 2.96. The van der Waals surface area contributed by atoms with Crippen LogP contribution in [0.15, 0.2) is 42.5 Å². The summed E-state index contributed by atoms with van der Waals surface area (Å²) in [5.74, 6) is 0.566. The molecule has 0 aliphatic heterocycles. The summed E-state index contributed by atoms with van der Waals surface area (Å²) in [6.45, 7) is 0. The summed E-state index contributed by atoms with van der Waals surface area (Å²) in [6, 6.07) is 12.6. The molecule has 106 valence electrons. The smallest absolute Gasteiger partial charge is 0.255 e. The predicted molar refractivity (Wildman–Crippen MR) is 88.0 cm³/mol.